The number of piperidine rings is 1. The third-order valence-corrected chi connectivity index (χ3v) is 12.0. The van der Waals surface area contributed by atoms with Gasteiger partial charge in [-0.3, -0.25) is 43.9 Å². The summed E-state index contributed by atoms with van der Waals surface area (Å²) in [5.74, 6) is -0.818. The minimum absolute atomic E-state index is 0.0350. The molecule has 1 atom stereocenters. The van der Waals surface area contributed by atoms with Gasteiger partial charge in [-0.15, -0.1) is 0 Å². The number of nitrogens with zero attached hydrogens (tertiary/aromatic N) is 6. The van der Waals surface area contributed by atoms with Crippen molar-refractivity contribution in [3.63, 3.8) is 0 Å². The van der Waals surface area contributed by atoms with Gasteiger partial charge in [0.15, 0.2) is 5.13 Å². The van der Waals surface area contributed by atoms with Crippen LogP contribution >= 0.6 is 22.9 Å². The fourth-order valence-corrected chi connectivity index (χ4v) is 8.64. The van der Waals surface area contributed by atoms with Gasteiger partial charge in [-0.2, -0.15) is 0 Å². The Morgan fingerprint density at radius 2 is 1.65 bits per heavy atom. The van der Waals surface area contributed by atoms with Gasteiger partial charge in [0.1, 0.15) is 28.4 Å². The van der Waals surface area contributed by atoms with Crippen molar-refractivity contribution in [2.24, 2.45) is 0 Å². The Kier molecular flexibility index (Phi) is 13.5. The number of aromatic nitrogens is 3. The van der Waals surface area contributed by atoms with Crippen LogP contribution in [0.1, 0.15) is 99.6 Å². The molecule has 6 amide bonds. The summed E-state index contributed by atoms with van der Waals surface area (Å²) in [4.78, 5) is 95.8. The highest BCUT2D eigenvalue weighted by Gasteiger charge is 2.45. The van der Waals surface area contributed by atoms with Crippen LogP contribution < -0.4 is 26.2 Å². The van der Waals surface area contributed by atoms with Crippen molar-refractivity contribution in [3.8, 4) is 0 Å². The third kappa shape index (κ3) is 9.97. The van der Waals surface area contributed by atoms with E-state index >= 15 is 0 Å². The third-order valence-electron chi connectivity index (χ3n) is 10.8. The maximum atomic E-state index is 13.3. The van der Waals surface area contributed by atoms with Crippen LogP contribution in [-0.4, -0.2) is 99.0 Å². The highest BCUT2D eigenvalue weighted by Crippen LogP contribution is 2.33. The molecule has 0 aliphatic carbocycles. The minimum Gasteiger partial charge on any atom is -0.354 e. The molecule has 314 valence electrons. The fraction of sp³-hybridized carbons (Fsp3) is 0.405. The van der Waals surface area contributed by atoms with Gasteiger partial charge in [0, 0.05) is 45.1 Å². The number of imide groups is 2. The molecule has 0 bridgehead atoms. The van der Waals surface area contributed by atoms with Gasteiger partial charge in [0.25, 0.3) is 17.7 Å². The van der Waals surface area contributed by atoms with Crippen molar-refractivity contribution >= 4 is 86.5 Å². The van der Waals surface area contributed by atoms with Gasteiger partial charge in [0.2, 0.25) is 17.7 Å². The summed E-state index contributed by atoms with van der Waals surface area (Å²) in [6.07, 6.45) is 7.79. The number of halogens is 1. The predicted octanol–water partition coefficient (Wildman–Crippen LogP) is 6.09. The Morgan fingerprint density at radius 3 is 2.42 bits per heavy atom. The molecule has 5 heterocycles. The van der Waals surface area contributed by atoms with Crippen molar-refractivity contribution < 1.29 is 28.8 Å². The van der Waals surface area contributed by atoms with Gasteiger partial charge in [-0.05, 0) is 63.4 Å². The minimum atomic E-state index is -1.07. The van der Waals surface area contributed by atoms with E-state index in [2.05, 4.69) is 41.0 Å². The van der Waals surface area contributed by atoms with Gasteiger partial charge in [-0.25, -0.2) is 15.0 Å². The Hall–Kier alpha value is -5.78. The molecule has 7 rings (SSSR count). The lowest BCUT2D eigenvalue weighted by atomic mass is 10.0. The van der Waals surface area contributed by atoms with Gasteiger partial charge in [0.05, 0.1) is 33.7 Å². The molecular weight excluding hydrogens is 808 g/mol. The quantitative estimate of drug-likeness (QED) is 0.0748. The van der Waals surface area contributed by atoms with Crippen LogP contribution in [0, 0.1) is 13.8 Å². The molecule has 0 saturated carbocycles. The van der Waals surface area contributed by atoms with Crippen molar-refractivity contribution in [2.45, 2.75) is 77.7 Å². The number of amides is 6. The molecule has 0 spiro atoms. The van der Waals surface area contributed by atoms with E-state index in [1.165, 1.54) is 23.6 Å². The Bertz CT molecular complexity index is 2290. The molecule has 4 aromatic rings. The number of anilines is 5. The van der Waals surface area contributed by atoms with Gasteiger partial charge < -0.3 is 20.9 Å². The number of benzene rings is 2. The summed E-state index contributed by atoms with van der Waals surface area (Å²) in [6, 6.07) is 11.0. The summed E-state index contributed by atoms with van der Waals surface area (Å²) in [5, 5.41) is 12.1. The van der Waals surface area contributed by atoms with Crippen LogP contribution in [0.4, 0.5) is 28.1 Å². The number of carbonyl (C=O) groups excluding carboxylic acids is 6. The van der Waals surface area contributed by atoms with Gasteiger partial charge in [-0.1, -0.05) is 66.8 Å². The van der Waals surface area contributed by atoms with Crippen LogP contribution in [0.2, 0.25) is 5.02 Å². The molecule has 60 heavy (non-hydrogen) atoms. The molecule has 1 unspecified atom stereocenters. The van der Waals surface area contributed by atoms with Crippen molar-refractivity contribution in [3.05, 3.63) is 81.1 Å². The zero-order valence-corrected chi connectivity index (χ0v) is 35.1. The smallest absolute Gasteiger partial charge is 0.267 e. The molecular formula is C42H47ClN10O6S. The van der Waals surface area contributed by atoms with E-state index in [1.807, 2.05) is 32.0 Å². The van der Waals surface area contributed by atoms with Crippen molar-refractivity contribution in [1.29, 1.82) is 0 Å². The Labute approximate surface area is 356 Å². The molecule has 4 N–H and O–H groups in total. The van der Waals surface area contributed by atoms with Crippen LogP contribution in [0.5, 0.6) is 0 Å². The first-order chi connectivity index (χ1) is 28.9. The largest absolute Gasteiger partial charge is 0.354 e. The molecule has 3 aliphatic rings. The molecule has 2 aromatic heterocycles. The summed E-state index contributed by atoms with van der Waals surface area (Å²) < 4.78 is 0. The van der Waals surface area contributed by atoms with E-state index < -0.39 is 29.7 Å². The van der Waals surface area contributed by atoms with Crippen LogP contribution in [-0.2, 0) is 14.4 Å². The van der Waals surface area contributed by atoms with E-state index in [0.29, 0.717) is 38.8 Å². The Morgan fingerprint density at radius 1 is 0.900 bits per heavy atom. The average molecular weight is 855 g/mol. The topological polar surface area (TPSA) is 199 Å². The lowest BCUT2D eigenvalue weighted by Gasteiger charge is -2.35. The molecule has 2 fully saturated rings. The maximum absolute atomic E-state index is 13.3. The number of hydrogen-bond acceptors (Lipinski definition) is 13. The number of nitrogens with one attached hydrogen (secondary N) is 4. The average Bonchev–Trinajstić information content (AvgIpc) is 3.79. The van der Waals surface area contributed by atoms with Crippen LogP contribution in [0.3, 0.4) is 0 Å². The van der Waals surface area contributed by atoms with Crippen LogP contribution in [0.25, 0.3) is 0 Å². The van der Waals surface area contributed by atoms with E-state index in [-0.39, 0.29) is 47.9 Å². The first kappa shape index (κ1) is 42.3. The zero-order chi connectivity index (χ0) is 42.3. The number of thiazole rings is 1. The molecule has 3 aliphatic heterocycles. The highest BCUT2D eigenvalue weighted by molar-refractivity contribution is 7.17. The zero-order valence-electron chi connectivity index (χ0n) is 33.5. The second kappa shape index (κ2) is 19.1. The van der Waals surface area contributed by atoms with E-state index in [4.69, 9.17) is 16.6 Å². The first-order valence-electron chi connectivity index (χ1n) is 20.2. The number of rotatable bonds is 16. The summed E-state index contributed by atoms with van der Waals surface area (Å²) >= 11 is 7.52. The number of fused-ring (bicyclic) bond motifs is 1. The van der Waals surface area contributed by atoms with Gasteiger partial charge >= 0.3 is 0 Å². The number of unbranched alkanes of at least 4 members (excludes halogenated alkanes) is 5. The van der Waals surface area contributed by atoms with E-state index in [0.717, 1.165) is 81.1 Å². The fourth-order valence-electron chi connectivity index (χ4n) is 7.65. The second-order valence-corrected chi connectivity index (χ2v) is 16.6. The van der Waals surface area contributed by atoms with E-state index in [9.17, 15) is 28.8 Å². The predicted molar refractivity (Wildman–Crippen MR) is 229 cm³/mol. The summed E-state index contributed by atoms with van der Waals surface area (Å²) in [5.41, 5.74) is 1.90. The number of aryl methyl sites for hydroxylation is 2. The SMILES string of the molecule is Cc1nc(Nc2ncc(C(=O)Nc3c(C)cccc3Cl)s2)cc(N2CCN(CCCCCCCCC(=O)Nc3cccc4c3C(=O)N(C3CCC(=O)NC3=O)C4=O)CC2)n1. The molecule has 2 saturated heterocycles. The monoisotopic (exact) mass is 854 g/mol. The number of para-hydroxylation sites is 1. The highest BCUT2D eigenvalue weighted by atomic mass is 35.5. The van der Waals surface area contributed by atoms with Crippen molar-refractivity contribution in [2.75, 3.05) is 53.6 Å². The normalized spacial score (nSPS) is 16.8. The second-order valence-electron chi connectivity index (χ2n) is 15.1. The summed E-state index contributed by atoms with van der Waals surface area (Å²) in [6.45, 7) is 8.30. The first-order valence-corrected chi connectivity index (χ1v) is 21.4. The molecule has 2 aromatic carbocycles. The lowest BCUT2D eigenvalue weighted by Crippen LogP contribution is -2.54. The molecule has 16 nitrogen and oxygen atoms in total. The van der Waals surface area contributed by atoms with E-state index in [1.54, 1.807) is 18.2 Å². The van der Waals surface area contributed by atoms with Crippen LogP contribution in [0.15, 0.2) is 48.7 Å². The summed E-state index contributed by atoms with van der Waals surface area (Å²) in [7, 11) is 0. The number of carbonyl (C=O) groups is 6. The Balaban J connectivity index is 0.781. The molecule has 18 heteroatoms. The standard InChI is InChI=1S/C42H47ClN10O6S/c1-25-11-9-13-28(43)37(25)50-39(57)31-24-44-42(60-31)48-32-23-33(46-26(2)45-32)52-21-19-51(20-22-52)18-8-6-4-3-5-7-15-34(54)47-29-14-10-12-27-36(29)41(59)53(40(27)58)30-16-17-35(55)49-38(30)56/h9-14,23-24,30H,3-8,15-22H2,1-2H3,(H,47,54)(H,50,57)(H,49,55,56)(H,44,45,46,48). The molecule has 0 radical (unpaired) electrons. The maximum Gasteiger partial charge on any atom is 0.267 e. The lowest BCUT2D eigenvalue weighted by molar-refractivity contribution is -0.136. The number of piperazine rings is 1. The number of hydrogen-bond donors (Lipinski definition) is 4. The van der Waals surface area contributed by atoms with Crippen molar-refractivity contribution in [1.82, 2.24) is 30.1 Å².